The van der Waals surface area contributed by atoms with Gasteiger partial charge in [0.25, 0.3) is 17.7 Å². The molecule has 1 aromatic carbocycles. The van der Waals surface area contributed by atoms with Crippen molar-refractivity contribution in [2.75, 3.05) is 39.0 Å². The molecule has 0 saturated carbocycles. The minimum Gasteiger partial charge on any atom is -0.336 e. The van der Waals surface area contributed by atoms with Gasteiger partial charge in [-0.05, 0) is 25.1 Å². The van der Waals surface area contributed by atoms with Crippen LogP contribution in [0.3, 0.4) is 0 Å². The third-order valence-electron chi connectivity index (χ3n) is 4.62. The highest BCUT2D eigenvalue weighted by molar-refractivity contribution is 7.89. The first kappa shape index (κ1) is 17.6. The largest absolute Gasteiger partial charge is 0.336 e. The van der Waals surface area contributed by atoms with Crippen molar-refractivity contribution < 1.29 is 22.8 Å². The van der Waals surface area contributed by atoms with Crippen LogP contribution in [-0.4, -0.2) is 79.2 Å². The average Bonchev–Trinajstić information content (AvgIpc) is 2.85. The molecule has 134 valence electrons. The lowest BCUT2D eigenvalue weighted by atomic mass is 10.0. The fraction of sp³-hybridized carbons (Fsp3) is 0.438. The van der Waals surface area contributed by atoms with E-state index in [1.165, 1.54) is 29.6 Å². The van der Waals surface area contributed by atoms with E-state index < -0.39 is 15.9 Å². The van der Waals surface area contributed by atoms with E-state index in [9.17, 15) is 22.8 Å². The summed E-state index contributed by atoms with van der Waals surface area (Å²) in [6.45, 7) is 2.69. The fourth-order valence-corrected chi connectivity index (χ4v) is 4.11. The minimum atomic E-state index is -3.25. The second kappa shape index (κ2) is 6.23. The summed E-state index contributed by atoms with van der Waals surface area (Å²) in [6.07, 6.45) is 0. The summed E-state index contributed by atoms with van der Waals surface area (Å²) in [6, 6.07) is 4.46. The lowest BCUT2D eigenvalue weighted by Gasteiger charge is -2.33. The standard InChI is InChI=1S/C16H19N3O5S/c1-3-25(23,24)19-8-6-18(7-9-19)14(20)11-4-5-12-13(10-11)16(22)17(2)15(12)21/h4-5,10H,3,6-9H2,1-2H3. The molecular formula is C16H19N3O5S. The third kappa shape index (κ3) is 2.93. The quantitative estimate of drug-likeness (QED) is 0.704. The Labute approximate surface area is 146 Å². The highest BCUT2D eigenvalue weighted by Gasteiger charge is 2.34. The Bertz CT molecular complexity index is 857. The second-order valence-electron chi connectivity index (χ2n) is 6.02. The summed E-state index contributed by atoms with van der Waals surface area (Å²) in [4.78, 5) is 39.2. The molecule has 0 atom stereocenters. The first-order valence-corrected chi connectivity index (χ1v) is 9.60. The number of carbonyl (C=O) groups excluding carboxylic acids is 3. The summed E-state index contributed by atoms with van der Waals surface area (Å²) >= 11 is 0. The molecule has 25 heavy (non-hydrogen) atoms. The van der Waals surface area contributed by atoms with Gasteiger partial charge in [0.1, 0.15) is 0 Å². The molecule has 0 aromatic heterocycles. The Balaban J connectivity index is 1.76. The minimum absolute atomic E-state index is 0.0371. The predicted octanol–water partition coefficient (Wildman–Crippen LogP) is 0.0199. The molecule has 0 radical (unpaired) electrons. The lowest BCUT2D eigenvalue weighted by molar-refractivity contribution is 0.0688. The van der Waals surface area contributed by atoms with Crippen LogP contribution in [0, 0.1) is 0 Å². The molecule has 0 spiro atoms. The maximum Gasteiger partial charge on any atom is 0.261 e. The van der Waals surface area contributed by atoms with Crippen molar-refractivity contribution in [2.45, 2.75) is 6.92 Å². The molecule has 3 rings (SSSR count). The van der Waals surface area contributed by atoms with Crippen molar-refractivity contribution >= 4 is 27.7 Å². The van der Waals surface area contributed by atoms with Gasteiger partial charge in [-0.1, -0.05) is 0 Å². The number of benzene rings is 1. The van der Waals surface area contributed by atoms with Crippen LogP contribution in [0.15, 0.2) is 18.2 Å². The van der Waals surface area contributed by atoms with Crippen molar-refractivity contribution in [1.82, 2.24) is 14.1 Å². The van der Waals surface area contributed by atoms with E-state index in [-0.39, 0.29) is 36.2 Å². The number of sulfonamides is 1. The lowest BCUT2D eigenvalue weighted by Crippen LogP contribution is -2.50. The van der Waals surface area contributed by atoms with Gasteiger partial charge >= 0.3 is 0 Å². The van der Waals surface area contributed by atoms with Crippen LogP contribution >= 0.6 is 0 Å². The number of amides is 3. The summed E-state index contributed by atoms with van der Waals surface area (Å²) in [5.74, 6) is -1.04. The number of nitrogens with zero attached hydrogens (tertiary/aromatic N) is 3. The van der Waals surface area contributed by atoms with Gasteiger partial charge in [-0.2, -0.15) is 4.31 Å². The Morgan fingerprint density at radius 2 is 1.64 bits per heavy atom. The molecule has 1 saturated heterocycles. The molecule has 8 nitrogen and oxygen atoms in total. The smallest absolute Gasteiger partial charge is 0.261 e. The number of imide groups is 1. The van der Waals surface area contributed by atoms with Gasteiger partial charge in [0.2, 0.25) is 10.0 Å². The molecule has 0 aliphatic carbocycles. The average molecular weight is 365 g/mol. The molecular weight excluding hydrogens is 346 g/mol. The summed E-state index contributed by atoms with van der Waals surface area (Å²) in [5, 5.41) is 0. The number of carbonyl (C=O) groups is 3. The third-order valence-corrected chi connectivity index (χ3v) is 6.50. The molecule has 1 fully saturated rings. The molecule has 0 bridgehead atoms. The van der Waals surface area contributed by atoms with Gasteiger partial charge in [-0.25, -0.2) is 8.42 Å². The highest BCUT2D eigenvalue weighted by atomic mass is 32.2. The fourth-order valence-electron chi connectivity index (χ4n) is 3.03. The van der Waals surface area contributed by atoms with Crippen molar-refractivity contribution in [1.29, 1.82) is 0 Å². The molecule has 2 heterocycles. The topological polar surface area (TPSA) is 95.1 Å². The number of fused-ring (bicyclic) bond motifs is 1. The molecule has 3 amide bonds. The van der Waals surface area contributed by atoms with Crippen molar-refractivity contribution in [3.63, 3.8) is 0 Å². The highest BCUT2D eigenvalue weighted by Crippen LogP contribution is 2.23. The van der Waals surface area contributed by atoms with Crippen LogP contribution in [0.25, 0.3) is 0 Å². The Morgan fingerprint density at radius 1 is 1.04 bits per heavy atom. The first-order valence-electron chi connectivity index (χ1n) is 8.00. The number of rotatable bonds is 3. The van der Waals surface area contributed by atoms with E-state index in [2.05, 4.69) is 0 Å². The van der Waals surface area contributed by atoms with Crippen LogP contribution in [0.2, 0.25) is 0 Å². The molecule has 2 aliphatic heterocycles. The zero-order valence-corrected chi connectivity index (χ0v) is 14.9. The second-order valence-corrected chi connectivity index (χ2v) is 8.28. The van der Waals surface area contributed by atoms with Crippen LogP contribution in [0.4, 0.5) is 0 Å². The van der Waals surface area contributed by atoms with Crippen molar-refractivity contribution in [3.05, 3.63) is 34.9 Å². The predicted molar refractivity (Wildman–Crippen MR) is 89.8 cm³/mol. The summed E-state index contributed by atoms with van der Waals surface area (Å²) < 4.78 is 25.1. The van der Waals surface area contributed by atoms with Gasteiger partial charge in [0.05, 0.1) is 16.9 Å². The Hall–Kier alpha value is -2.26. The molecule has 0 N–H and O–H groups in total. The van der Waals surface area contributed by atoms with Crippen molar-refractivity contribution in [3.8, 4) is 0 Å². The van der Waals surface area contributed by atoms with E-state index in [0.717, 1.165) is 4.90 Å². The first-order chi connectivity index (χ1) is 11.8. The molecule has 9 heteroatoms. The maximum absolute atomic E-state index is 12.6. The zero-order valence-electron chi connectivity index (χ0n) is 14.1. The number of hydrogen-bond acceptors (Lipinski definition) is 5. The van der Waals surface area contributed by atoms with E-state index in [1.807, 2.05) is 0 Å². The SMILES string of the molecule is CCS(=O)(=O)N1CCN(C(=O)c2ccc3c(c2)C(=O)N(C)C3=O)CC1. The van der Waals surface area contributed by atoms with Gasteiger partial charge in [-0.15, -0.1) is 0 Å². The Kier molecular flexibility index (Phi) is 4.38. The van der Waals surface area contributed by atoms with Gasteiger partial charge in [0.15, 0.2) is 0 Å². The van der Waals surface area contributed by atoms with E-state index in [1.54, 1.807) is 11.8 Å². The molecule has 0 unspecified atom stereocenters. The van der Waals surface area contributed by atoms with Gasteiger partial charge < -0.3 is 4.90 Å². The van der Waals surface area contributed by atoms with Crippen LogP contribution in [-0.2, 0) is 10.0 Å². The van der Waals surface area contributed by atoms with Crippen LogP contribution in [0.5, 0.6) is 0 Å². The summed E-state index contributed by atoms with van der Waals surface area (Å²) in [5.41, 5.74) is 0.843. The summed E-state index contributed by atoms with van der Waals surface area (Å²) in [7, 11) is -1.85. The normalized spacial score (nSPS) is 18.6. The van der Waals surface area contributed by atoms with Crippen molar-refractivity contribution in [2.24, 2.45) is 0 Å². The van der Waals surface area contributed by atoms with E-state index >= 15 is 0 Å². The number of piperazine rings is 1. The molecule has 1 aromatic rings. The number of hydrogen-bond donors (Lipinski definition) is 0. The van der Waals surface area contributed by atoms with Gasteiger partial charge in [0, 0.05) is 38.8 Å². The molecule has 2 aliphatic rings. The monoisotopic (exact) mass is 365 g/mol. The van der Waals surface area contributed by atoms with Gasteiger partial charge in [-0.3, -0.25) is 19.3 Å². The van der Waals surface area contributed by atoms with E-state index in [4.69, 9.17) is 0 Å². The van der Waals surface area contributed by atoms with Crippen LogP contribution < -0.4 is 0 Å². The van der Waals surface area contributed by atoms with E-state index in [0.29, 0.717) is 24.2 Å². The maximum atomic E-state index is 12.6. The Morgan fingerprint density at radius 3 is 2.24 bits per heavy atom. The van der Waals surface area contributed by atoms with Crippen LogP contribution in [0.1, 0.15) is 38.0 Å². The zero-order chi connectivity index (χ0) is 18.4.